The highest BCUT2D eigenvalue weighted by Gasteiger charge is 2.26. The van der Waals surface area contributed by atoms with Gasteiger partial charge in [-0.2, -0.15) is 4.31 Å². The zero-order chi connectivity index (χ0) is 23.7. The van der Waals surface area contributed by atoms with Crippen molar-refractivity contribution in [1.82, 2.24) is 9.62 Å². The summed E-state index contributed by atoms with van der Waals surface area (Å²) >= 11 is 0. The van der Waals surface area contributed by atoms with Crippen LogP contribution in [0.3, 0.4) is 0 Å². The van der Waals surface area contributed by atoms with Crippen LogP contribution in [0, 0.1) is 5.92 Å². The van der Waals surface area contributed by atoms with Crippen LogP contribution >= 0.6 is 0 Å². The normalized spacial score (nSPS) is 15.9. The molecule has 1 saturated heterocycles. The molecule has 0 spiro atoms. The van der Waals surface area contributed by atoms with Crippen LogP contribution in [-0.4, -0.2) is 50.8 Å². The molecule has 3 rings (SSSR count). The Morgan fingerprint density at radius 3 is 2.36 bits per heavy atom. The van der Waals surface area contributed by atoms with Crippen molar-refractivity contribution in [2.45, 2.75) is 43.9 Å². The van der Waals surface area contributed by atoms with Gasteiger partial charge in [-0.25, -0.2) is 8.42 Å². The Balaban J connectivity index is 1.70. The van der Waals surface area contributed by atoms with E-state index in [1.165, 1.54) is 16.4 Å². The van der Waals surface area contributed by atoms with Crippen LogP contribution in [0.1, 0.15) is 48.5 Å². The second-order valence-electron chi connectivity index (χ2n) is 8.19. The molecule has 1 unspecified atom stereocenters. The molecule has 33 heavy (non-hydrogen) atoms. The topological polar surface area (TPSA) is 92.8 Å². The first-order valence-electron chi connectivity index (χ1n) is 11.5. The molecule has 0 radical (unpaired) electrons. The van der Waals surface area contributed by atoms with Crippen LogP contribution < -0.4 is 5.32 Å². The third-order valence-electron chi connectivity index (χ3n) is 5.75. The molecule has 0 saturated carbocycles. The molecule has 178 valence electrons. The number of esters is 1. The van der Waals surface area contributed by atoms with E-state index in [2.05, 4.69) is 5.32 Å². The summed E-state index contributed by atoms with van der Waals surface area (Å²) in [7, 11) is -3.65. The largest absolute Gasteiger partial charge is 0.466 e. The second-order valence-corrected chi connectivity index (χ2v) is 10.1. The summed E-state index contributed by atoms with van der Waals surface area (Å²) in [5.41, 5.74) is 1.21. The first-order valence-corrected chi connectivity index (χ1v) is 12.9. The SMILES string of the molecule is CCOC(=O)C(CNC(=O)c1cccc(S(=O)(=O)N2CCCCCC2)c1)Cc1ccccc1. The number of amides is 1. The lowest BCUT2D eigenvalue weighted by atomic mass is 9.99. The van der Waals surface area contributed by atoms with Crippen molar-refractivity contribution in [3.63, 3.8) is 0 Å². The van der Waals surface area contributed by atoms with Crippen molar-refractivity contribution in [2.75, 3.05) is 26.2 Å². The standard InChI is InChI=1S/C25H32N2O5S/c1-2-32-25(29)22(17-20-11-6-5-7-12-20)19-26-24(28)21-13-10-14-23(18-21)33(30,31)27-15-8-3-4-9-16-27/h5-7,10-14,18,22H,2-4,8-9,15-17,19H2,1H3,(H,26,28). The fourth-order valence-corrected chi connectivity index (χ4v) is 5.51. The molecule has 1 heterocycles. The van der Waals surface area contributed by atoms with E-state index in [0.29, 0.717) is 19.5 Å². The number of carbonyl (C=O) groups excluding carboxylic acids is 2. The molecule has 1 amide bonds. The number of hydrogen-bond donors (Lipinski definition) is 1. The van der Waals surface area contributed by atoms with Crippen LogP contribution in [0.4, 0.5) is 0 Å². The van der Waals surface area contributed by atoms with E-state index in [4.69, 9.17) is 4.74 Å². The van der Waals surface area contributed by atoms with E-state index in [1.54, 1.807) is 19.1 Å². The number of hydrogen-bond acceptors (Lipinski definition) is 5. The molecule has 1 fully saturated rings. The maximum absolute atomic E-state index is 13.1. The minimum absolute atomic E-state index is 0.0929. The second kappa shape index (κ2) is 12.0. The van der Waals surface area contributed by atoms with E-state index >= 15 is 0 Å². The highest BCUT2D eigenvalue weighted by Crippen LogP contribution is 2.21. The average Bonchev–Trinajstić information content (AvgIpc) is 3.13. The third kappa shape index (κ3) is 6.88. The zero-order valence-electron chi connectivity index (χ0n) is 19.0. The number of rotatable bonds is 9. The molecule has 1 N–H and O–H groups in total. The molecule has 8 heteroatoms. The van der Waals surface area contributed by atoms with Gasteiger partial charge in [-0.15, -0.1) is 0 Å². The lowest BCUT2D eigenvalue weighted by Gasteiger charge is -2.20. The maximum Gasteiger partial charge on any atom is 0.311 e. The van der Waals surface area contributed by atoms with Crippen LogP contribution in [0.15, 0.2) is 59.5 Å². The summed E-state index contributed by atoms with van der Waals surface area (Å²) in [6.07, 6.45) is 4.17. The van der Waals surface area contributed by atoms with E-state index in [9.17, 15) is 18.0 Å². The van der Waals surface area contributed by atoms with Crippen molar-refractivity contribution in [3.05, 3.63) is 65.7 Å². The van der Waals surface area contributed by atoms with Gasteiger partial charge in [0.15, 0.2) is 0 Å². The van der Waals surface area contributed by atoms with Gasteiger partial charge in [0.2, 0.25) is 10.0 Å². The highest BCUT2D eigenvalue weighted by molar-refractivity contribution is 7.89. The van der Waals surface area contributed by atoms with Crippen LogP contribution in [0.2, 0.25) is 0 Å². The zero-order valence-corrected chi connectivity index (χ0v) is 19.9. The summed E-state index contributed by atoms with van der Waals surface area (Å²) in [5, 5.41) is 2.78. The quantitative estimate of drug-likeness (QED) is 0.565. The Morgan fingerprint density at radius 2 is 1.70 bits per heavy atom. The molecular formula is C25H32N2O5S. The Kier molecular flexibility index (Phi) is 9.03. The lowest BCUT2D eigenvalue weighted by molar-refractivity contribution is -0.147. The van der Waals surface area contributed by atoms with Gasteiger partial charge < -0.3 is 10.1 Å². The van der Waals surface area contributed by atoms with Crippen LogP contribution in [-0.2, 0) is 26.0 Å². The van der Waals surface area contributed by atoms with Gasteiger partial charge in [0.25, 0.3) is 5.91 Å². The van der Waals surface area contributed by atoms with E-state index < -0.39 is 21.8 Å². The van der Waals surface area contributed by atoms with Crippen molar-refractivity contribution in [3.8, 4) is 0 Å². The fourth-order valence-electron chi connectivity index (χ4n) is 3.94. The summed E-state index contributed by atoms with van der Waals surface area (Å²) < 4.78 is 32.8. The summed E-state index contributed by atoms with van der Waals surface area (Å²) in [6.45, 7) is 3.09. The fraction of sp³-hybridized carbons (Fsp3) is 0.440. The predicted octanol–water partition coefficient (Wildman–Crippen LogP) is 3.40. The smallest absolute Gasteiger partial charge is 0.311 e. The Morgan fingerprint density at radius 1 is 1.00 bits per heavy atom. The minimum Gasteiger partial charge on any atom is -0.466 e. The Labute approximate surface area is 196 Å². The predicted molar refractivity (Wildman–Crippen MR) is 126 cm³/mol. The minimum atomic E-state index is -3.65. The van der Waals surface area contributed by atoms with Gasteiger partial charge in [0.1, 0.15) is 0 Å². The Hall–Kier alpha value is -2.71. The third-order valence-corrected chi connectivity index (χ3v) is 7.65. The number of nitrogens with zero attached hydrogens (tertiary/aromatic N) is 1. The average molecular weight is 473 g/mol. The number of sulfonamides is 1. The molecule has 1 atom stereocenters. The summed E-state index contributed by atoms with van der Waals surface area (Å²) in [4.78, 5) is 25.4. The maximum atomic E-state index is 13.1. The van der Waals surface area contributed by atoms with Gasteiger partial charge >= 0.3 is 5.97 Å². The number of carbonyl (C=O) groups is 2. The first kappa shape index (κ1) is 24.9. The van der Waals surface area contributed by atoms with Gasteiger partial charge in [0, 0.05) is 25.2 Å². The van der Waals surface area contributed by atoms with Gasteiger partial charge in [-0.3, -0.25) is 9.59 Å². The van der Waals surface area contributed by atoms with Crippen LogP contribution in [0.25, 0.3) is 0 Å². The summed E-state index contributed by atoms with van der Waals surface area (Å²) in [6, 6.07) is 15.6. The monoisotopic (exact) mass is 472 g/mol. The van der Waals surface area contributed by atoms with Crippen LogP contribution in [0.5, 0.6) is 0 Å². The van der Waals surface area contributed by atoms with Gasteiger partial charge in [-0.05, 0) is 49.9 Å². The number of benzene rings is 2. The van der Waals surface area contributed by atoms with E-state index in [-0.39, 0.29) is 29.6 Å². The van der Waals surface area contributed by atoms with E-state index in [0.717, 1.165) is 31.2 Å². The molecule has 0 bridgehead atoms. The van der Waals surface area contributed by atoms with Gasteiger partial charge in [0.05, 0.1) is 17.4 Å². The molecule has 0 aliphatic carbocycles. The number of ether oxygens (including phenoxy) is 1. The molecule has 0 aromatic heterocycles. The van der Waals surface area contributed by atoms with Gasteiger partial charge in [-0.1, -0.05) is 49.2 Å². The molecule has 1 aliphatic heterocycles. The highest BCUT2D eigenvalue weighted by atomic mass is 32.2. The first-order chi connectivity index (χ1) is 15.9. The molecule has 2 aromatic rings. The van der Waals surface area contributed by atoms with Crippen molar-refractivity contribution >= 4 is 21.9 Å². The molecular weight excluding hydrogens is 440 g/mol. The molecule has 1 aliphatic rings. The molecule has 2 aromatic carbocycles. The Bertz CT molecular complexity index is 1030. The lowest BCUT2D eigenvalue weighted by Crippen LogP contribution is -2.35. The number of nitrogens with one attached hydrogen (secondary N) is 1. The van der Waals surface area contributed by atoms with E-state index in [1.807, 2.05) is 30.3 Å². The summed E-state index contributed by atoms with van der Waals surface area (Å²) in [5.74, 6) is -1.34. The van der Waals surface area contributed by atoms with Crippen molar-refractivity contribution in [2.24, 2.45) is 5.92 Å². The van der Waals surface area contributed by atoms with Crippen molar-refractivity contribution < 1.29 is 22.7 Å². The molecule has 7 nitrogen and oxygen atoms in total. The van der Waals surface area contributed by atoms with Crippen molar-refractivity contribution in [1.29, 1.82) is 0 Å².